The van der Waals surface area contributed by atoms with Gasteiger partial charge in [-0.05, 0) is 109 Å². The lowest BCUT2D eigenvalue weighted by molar-refractivity contribution is -0.167. The van der Waals surface area contributed by atoms with Crippen molar-refractivity contribution in [2.75, 3.05) is 13.2 Å². The molecule has 0 radical (unpaired) electrons. The van der Waals surface area contributed by atoms with Gasteiger partial charge in [-0.25, -0.2) is 0 Å². The van der Waals surface area contributed by atoms with E-state index in [0.717, 1.165) is 109 Å². The lowest BCUT2D eigenvalue weighted by atomic mass is 10.0. The van der Waals surface area contributed by atoms with Gasteiger partial charge >= 0.3 is 17.9 Å². The largest absolute Gasteiger partial charge is 0.462 e. The molecule has 0 aromatic rings. The second kappa shape index (κ2) is 69.1. The molecular weight excluding hydrogens is 997 g/mol. The van der Waals surface area contributed by atoms with E-state index in [-0.39, 0.29) is 31.1 Å². The average molecular weight is 1130 g/mol. The quantitative estimate of drug-likeness (QED) is 0.0261. The Morgan fingerprint density at radius 1 is 0.259 bits per heavy atom. The molecule has 0 amide bonds. The number of carbonyl (C=O) groups excluding carboxylic acids is 3. The van der Waals surface area contributed by atoms with Gasteiger partial charge in [0.15, 0.2) is 6.10 Å². The molecule has 0 rings (SSSR count). The molecule has 0 aliphatic rings. The van der Waals surface area contributed by atoms with E-state index in [9.17, 15) is 14.4 Å². The molecule has 0 aromatic heterocycles. The molecule has 0 N–H and O–H groups in total. The van der Waals surface area contributed by atoms with Crippen LogP contribution in [0.1, 0.15) is 355 Å². The fourth-order valence-electron chi connectivity index (χ4n) is 10.1. The molecule has 0 fully saturated rings. The lowest BCUT2D eigenvalue weighted by Crippen LogP contribution is -2.30. The van der Waals surface area contributed by atoms with Crippen molar-refractivity contribution in [2.24, 2.45) is 0 Å². The van der Waals surface area contributed by atoms with Gasteiger partial charge in [0.2, 0.25) is 0 Å². The highest BCUT2D eigenvalue weighted by molar-refractivity contribution is 5.71. The summed E-state index contributed by atoms with van der Waals surface area (Å²) in [5.74, 6) is -0.878. The highest BCUT2D eigenvalue weighted by Crippen LogP contribution is 2.17. The predicted octanol–water partition coefficient (Wildman–Crippen LogP) is 24.2. The Balaban J connectivity index is 4.23. The van der Waals surface area contributed by atoms with Gasteiger partial charge in [0, 0.05) is 19.3 Å². The number of ether oxygens (including phenoxy) is 3. The van der Waals surface area contributed by atoms with Crippen molar-refractivity contribution in [3.63, 3.8) is 0 Å². The minimum absolute atomic E-state index is 0.0787. The molecule has 0 bridgehead atoms. The van der Waals surface area contributed by atoms with E-state index in [1.54, 1.807) is 0 Å². The molecule has 0 aromatic carbocycles. The Morgan fingerprint density at radius 3 is 0.815 bits per heavy atom. The van der Waals surface area contributed by atoms with Crippen LogP contribution in [0.2, 0.25) is 0 Å². The van der Waals surface area contributed by atoms with Crippen LogP contribution < -0.4 is 0 Å². The second-order valence-corrected chi connectivity index (χ2v) is 23.4. The van der Waals surface area contributed by atoms with Crippen LogP contribution in [0.5, 0.6) is 0 Å². The van der Waals surface area contributed by atoms with Crippen molar-refractivity contribution in [2.45, 2.75) is 361 Å². The number of hydrogen-bond acceptors (Lipinski definition) is 6. The normalized spacial score (nSPS) is 12.6. The van der Waals surface area contributed by atoms with Gasteiger partial charge in [-0.15, -0.1) is 0 Å². The fourth-order valence-corrected chi connectivity index (χ4v) is 10.1. The van der Waals surface area contributed by atoms with Gasteiger partial charge in [0.25, 0.3) is 0 Å². The zero-order chi connectivity index (χ0) is 58.5. The topological polar surface area (TPSA) is 78.9 Å². The third kappa shape index (κ3) is 67.3. The van der Waals surface area contributed by atoms with Crippen molar-refractivity contribution in [3.8, 4) is 0 Å². The van der Waals surface area contributed by atoms with Crippen molar-refractivity contribution < 1.29 is 28.6 Å². The number of hydrogen-bond donors (Lipinski definition) is 0. The van der Waals surface area contributed by atoms with E-state index in [0.29, 0.717) is 19.3 Å². The molecule has 1 atom stereocenters. The van der Waals surface area contributed by atoms with Crippen LogP contribution in [-0.4, -0.2) is 37.2 Å². The number of esters is 3. The van der Waals surface area contributed by atoms with Crippen LogP contribution in [0.4, 0.5) is 0 Å². The van der Waals surface area contributed by atoms with Gasteiger partial charge < -0.3 is 14.2 Å². The van der Waals surface area contributed by atoms with Crippen LogP contribution in [-0.2, 0) is 28.6 Å². The minimum Gasteiger partial charge on any atom is -0.462 e. The Hall–Kier alpha value is -3.41. The summed E-state index contributed by atoms with van der Waals surface area (Å²) < 4.78 is 17.0. The first kappa shape index (κ1) is 77.6. The van der Waals surface area contributed by atoms with Crippen LogP contribution >= 0.6 is 0 Å². The third-order valence-electron chi connectivity index (χ3n) is 15.3. The molecule has 1 unspecified atom stereocenters. The zero-order valence-electron chi connectivity index (χ0n) is 53.8. The maximum Gasteiger partial charge on any atom is 0.306 e. The SMILES string of the molecule is CC/C=C\C/C=C\C/C=C\C/C=C\CCCCCCCCCCCCCCCCCCC(=O)OCC(COC(=O)CCCCCCC/C=C\C/C=C\CCC)OC(=O)CCCCCCCCCCC/C=C\CCCCCCCCCC. The van der Waals surface area contributed by atoms with Crippen LogP contribution in [0.15, 0.2) is 85.1 Å². The van der Waals surface area contributed by atoms with E-state index >= 15 is 0 Å². The Bertz CT molecular complexity index is 1530. The summed E-state index contributed by atoms with van der Waals surface area (Å²) in [6, 6.07) is 0. The summed E-state index contributed by atoms with van der Waals surface area (Å²) in [5.41, 5.74) is 0. The first-order chi connectivity index (χ1) is 40.0. The monoisotopic (exact) mass is 1130 g/mol. The van der Waals surface area contributed by atoms with Gasteiger partial charge in [-0.3, -0.25) is 14.4 Å². The maximum atomic E-state index is 12.9. The number of rotatable bonds is 64. The molecule has 0 spiro atoms. The molecule has 81 heavy (non-hydrogen) atoms. The van der Waals surface area contributed by atoms with Gasteiger partial charge in [0.05, 0.1) is 0 Å². The predicted molar refractivity (Wildman–Crippen MR) is 353 cm³/mol. The van der Waals surface area contributed by atoms with Crippen LogP contribution in [0.25, 0.3) is 0 Å². The standard InChI is InChI=1S/C75H132O6/c1-4-7-10-13-16-19-22-25-27-29-31-33-34-35-36-37-38-39-40-42-43-45-47-50-53-56-59-62-65-68-74(77)80-71-72(70-79-73(76)67-64-61-58-55-52-49-24-21-18-15-12-9-6-3)81-75(78)69-66-63-60-57-54-51-48-46-44-41-32-30-28-26-23-20-17-14-11-8-5-2/h7,10,12,15-16,19,21,24-25,27,30-33,72H,4-6,8-9,11,13-14,17-18,20,22-23,26,28-29,34-71H2,1-3H3/b10-7-,15-12-,19-16-,24-21-,27-25-,32-30-,33-31-. The molecule has 0 saturated heterocycles. The van der Waals surface area contributed by atoms with Crippen molar-refractivity contribution in [3.05, 3.63) is 85.1 Å². The van der Waals surface area contributed by atoms with Crippen molar-refractivity contribution >= 4 is 17.9 Å². The van der Waals surface area contributed by atoms with E-state index < -0.39 is 6.10 Å². The smallest absolute Gasteiger partial charge is 0.306 e. The highest BCUT2D eigenvalue weighted by atomic mass is 16.6. The molecule has 0 heterocycles. The molecule has 6 nitrogen and oxygen atoms in total. The lowest BCUT2D eigenvalue weighted by Gasteiger charge is -2.18. The second-order valence-electron chi connectivity index (χ2n) is 23.4. The fraction of sp³-hybridized carbons (Fsp3) is 0.773. The third-order valence-corrected chi connectivity index (χ3v) is 15.3. The van der Waals surface area contributed by atoms with E-state index in [4.69, 9.17) is 14.2 Å². The average Bonchev–Trinajstić information content (AvgIpc) is 3.46. The summed E-state index contributed by atoms with van der Waals surface area (Å²) in [7, 11) is 0. The Kier molecular flexibility index (Phi) is 66.2. The van der Waals surface area contributed by atoms with Gasteiger partial charge in [0.1, 0.15) is 13.2 Å². The van der Waals surface area contributed by atoms with Gasteiger partial charge in [-0.2, -0.15) is 0 Å². The number of allylic oxidation sites excluding steroid dienone is 14. The molecule has 0 aliphatic carbocycles. The molecule has 468 valence electrons. The maximum absolute atomic E-state index is 12.9. The zero-order valence-corrected chi connectivity index (χ0v) is 53.8. The van der Waals surface area contributed by atoms with E-state index in [2.05, 4.69) is 106 Å². The van der Waals surface area contributed by atoms with Gasteiger partial charge in [-0.1, -0.05) is 311 Å². The van der Waals surface area contributed by atoms with Crippen molar-refractivity contribution in [1.29, 1.82) is 0 Å². The first-order valence-corrected chi connectivity index (χ1v) is 35.1. The Morgan fingerprint density at radius 2 is 0.506 bits per heavy atom. The Labute approximate surface area is 503 Å². The van der Waals surface area contributed by atoms with Crippen LogP contribution in [0.3, 0.4) is 0 Å². The summed E-state index contributed by atoms with van der Waals surface area (Å²) in [4.78, 5) is 38.4. The summed E-state index contributed by atoms with van der Waals surface area (Å²) in [6.45, 7) is 6.50. The summed E-state index contributed by atoms with van der Waals surface area (Å²) in [6.07, 6.45) is 91.8. The van der Waals surface area contributed by atoms with Crippen LogP contribution in [0, 0.1) is 0 Å². The van der Waals surface area contributed by atoms with E-state index in [1.165, 1.54) is 205 Å². The number of carbonyl (C=O) groups is 3. The first-order valence-electron chi connectivity index (χ1n) is 35.1. The highest BCUT2D eigenvalue weighted by Gasteiger charge is 2.19. The summed E-state index contributed by atoms with van der Waals surface area (Å²) in [5, 5.41) is 0. The molecule has 0 aliphatic heterocycles. The van der Waals surface area contributed by atoms with E-state index in [1.807, 2.05) is 0 Å². The summed E-state index contributed by atoms with van der Waals surface area (Å²) >= 11 is 0. The number of unbranched alkanes of at least 4 members (excludes halogenated alkanes) is 39. The molecule has 0 saturated carbocycles. The van der Waals surface area contributed by atoms with Crippen molar-refractivity contribution in [1.82, 2.24) is 0 Å². The molecule has 6 heteroatoms. The minimum atomic E-state index is -0.784. The molecular formula is C75H132O6.